The predicted octanol–water partition coefficient (Wildman–Crippen LogP) is 3.83. The van der Waals surface area contributed by atoms with Crippen LogP contribution in [0.1, 0.15) is 33.1 Å². The van der Waals surface area contributed by atoms with Gasteiger partial charge < -0.3 is 5.32 Å². The molecule has 1 heterocycles. The zero-order valence-corrected chi connectivity index (χ0v) is 11.4. The maximum absolute atomic E-state index is 13.1. The molecule has 0 aliphatic carbocycles. The lowest BCUT2D eigenvalue weighted by Crippen LogP contribution is -2.26. The fourth-order valence-corrected chi connectivity index (χ4v) is 2.46. The summed E-state index contributed by atoms with van der Waals surface area (Å²) in [6.45, 7) is 3.64. The minimum absolute atomic E-state index is 0.213. The van der Waals surface area contributed by atoms with Gasteiger partial charge in [0.1, 0.15) is 0 Å². The average Bonchev–Trinajstić information content (AvgIpc) is 2.79. The highest BCUT2D eigenvalue weighted by Crippen LogP contribution is 2.19. The van der Waals surface area contributed by atoms with Crippen LogP contribution in [0.25, 0.3) is 0 Å². The van der Waals surface area contributed by atoms with Crippen molar-refractivity contribution in [3.63, 3.8) is 0 Å². The molecule has 1 N–H and O–H groups in total. The van der Waals surface area contributed by atoms with Crippen molar-refractivity contribution in [1.29, 1.82) is 0 Å². The Hall–Kier alpha value is -1.75. The van der Waals surface area contributed by atoms with E-state index in [4.69, 9.17) is 0 Å². The Morgan fingerprint density at radius 1 is 1.21 bits per heavy atom. The highest BCUT2D eigenvalue weighted by atomic mass is 32.1. The van der Waals surface area contributed by atoms with Crippen LogP contribution in [0.3, 0.4) is 0 Å². The number of rotatable bonds is 3. The van der Waals surface area contributed by atoms with E-state index in [1.165, 1.54) is 17.4 Å². The van der Waals surface area contributed by atoms with Crippen LogP contribution >= 0.6 is 11.3 Å². The number of carbonyl (C=O) groups excluding carboxylic acids is 1. The van der Waals surface area contributed by atoms with Gasteiger partial charge in [-0.05, 0) is 43.7 Å². The zero-order valence-electron chi connectivity index (χ0n) is 10.5. The van der Waals surface area contributed by atoms with E-state index >= 15 is 0 Å². The summed E-state index contributed by atoms with van der Waals surface area (Å²) in [5, 5.41) is 2.75. The van der Waals surface area contributed by atoms with Gasteiger partial charge in [-0.15, -0.1) is 11.3 Å². The van der Waals surface area contributed by atoms with Crippen molar-refractivity contribution in [3.8, 4) is 0 Å². The van der Waals surface area contributed by atoms with Gasteiger partial charge in [0.25, 0.3) is 5.91 Å². The lowest BCUT2D eigenvalue weighted by atomic mass is 10.1. The topological polar surface area (TPSA) is 29.1 Å². The van der Waals surface area contributed by atoms with E-state index in [1.807, 2.05) is 13.0 Å². The second-order valence-electron chi connectivity index (χ2n) is 4.28. The first-order valence-electron chi connectivity index (χ1n) is 5.79. The van der Waals surface area contributed by atoms with Gasteiger partial charge in [0.2, 0.25) is 0 Å². The van der Waals surface area contributed by atoms with Crippen molar-refractivity contribution in [3.05, 3.63) is 57.3 Å². The molecule has 0 radical (unpaired) electrons. The minimum atomic E-state index is -0.912. The van der Waals surface area contributed by atoms with Crippen LogP contribution in [0.2, 0.25) is 0 Å². The molecule has 1 aromatic carbocycles. The molecule has 1 atom stereocenters. The predicted molar refractivity (Wildman–Crippen MR) is 71.3 cm³/mol. The van der Waals surface area contributed by atoms with Crippen LogP contribution < -0.4 is 5.32 Å². The standard InChI is InChI=1S/C14H13F2NOS/c1-8-3-6-13(19-8)14(18)17-9(2)10-4-5-11(15)12(16)7-10/h3-7,9H,1-2H3,(H,17,18). The van der Waals surface area contributed by atoms with Crippen molar-refractivity contribution in [2.24, 2.45) is 0 Å². The molecule has 1 aromatic heterocycles. The van der Waals surface area contributed by atoms with E-state index in [0.29, 0.717) is 10.4 Å². The van der Waals surface area contributed by atoms with Gasteiger partial charge in [-0.25, -0.2) is 8.78 Å². The van der Waals surface area contributed by atoms with Gasteiger partial charge in [0.15, 0.2) is 11.6 Å². The van der Waals surface area contributed by atoms with E-state index < -0.39 is 11.6 Å². The first kappa shape index (κ1) is 13.7. The molecule has 0 spiro atoms. The summed E-state index contributed by atoms with van der Waals surface area (Å²) in [7, 11) is 0. The number of hydrogen-bond acceptors (Lipinski definition) is 2. The molecule has 0 aliphatic heterocycles. The number of halogens is 2. The second kappa shape index (κ2) is 5.48. The summed E-state index contributed by atoms with van der Waals surface area (Å²) in [5.74, 6) is -2.02. The Balaban J connectivity index is 2.10. The number of carbonyl (C=O) groups is 1. The lowest BCUT2D eigenvalue weighted by Gasteiger charge is -2.13. The van der Waals surface area contributed by atoms with Crippen LogP contribution in [-0.4, -0.2) is 5.91 Å². The maximum atomic E-state index is 13.1. The Kier molecular flexibility index (Phi) is 3.95. The molecule has 2 nitrogen and oxygen atoms in total. The van der Waals surface area contributed by atoms with Gasteiger partial charge in [-0.3, -0.25) is 4.79 Å². The molecule has 5 heteroatoms. The molecular weight excluding hydrogens is 268 g/mol. The smallest absolute Gasteiger partial charge is 0.261 e. The Morgan fingerprint density at radius 3 is 2.53 bits per heavy atom. The Morgan fingerprint density at radius 2 is 1.95 bits per heavy atom. The molecule has 2 aromatic rings. The van der Waals surface area contributed by atoms with Crippen molar-refractivity contribution in [2.45, 2.75) is 19.9 Å². The SMILES string of the molecule is Cc1ccc(C(=O)NC(C)c2ccc(F)c(F)c2)s1. The second-order valence-corrected chi connectivity index (χ2v) is 5.57. The highest BCUT2D eigenvalue weighted by molar-refractivity contribution is 7.13. The van der Waals surface area contributed by atoms with E-state index in [0.717, 1.165) is 17.0 Å². The molecule has 0 saturated carbocycles. The molecule has 100 valence electrons. The molecular formula is C14H13F2NOS. The summed E-state index contributed by atoms with van der Waals surface area (Å²) in [6.07, 6.45) is 0. The minimum Gasteiger partial charge on any atom is -0.345 e. The zero-order chi connectivity index (χ0) is 14.0. The number of nitrogens with one attached hydrogen (secondary N) is 1. The number of amides is 1. The molecule has 19 heavy (non-hydrogen) atoms. The fourth-order valence-electron chi connectivity index (χ4n) is 1.69. The number of aryl methyl sites for hydroxylation is 1. The molecule has 1 unspecified atom stereocenters. The molecule has 1 amide bonds. The summed E-state index contributed by atoms with van der Waals surface area (Å²) < 4.78 is 25.9. The largest absolute Gasteiger partial charge is 0.345 e. The Bertz CT molecular complexity index is 609. The van der Waals surface area contributed by atoms with Gasteiger partial charge in [0, 0.05) is 4.88 Å². The highest BCUT2D eigenvalue weighted by Gasteiger charge is 2.14. The molecule has 2 rings (SSSR count). The van der Waals surface area contributed by atoms with E-state index in [9.17, 15) is 13.6 Å². The van der Waals surface area contributed by atoms with Crippen molar-refractivity contribution in [1.82, 2.24) is 5.32 Å². The van der Waals surface area contributed by atoms with E-state index in [-0.39, 0.29) is 11.9 Å². The van der Waals surface area contributed by atoms with Gasteiger partial charge >= 0.3 is 0 Å². The van der Waals surface area contributed by atoms with E-state index in [2.05, 4.69) is 5.32 Å². The van der Waals surface area contributed by atoms with Crippen LogP contribution in [0.4, 0.5) is 8.78 Å². The molecule has 0 saturated heterocycles. The van der Waals surface area contributed by atoms with Crippen LogP contribution in [-0.2, 0) is 0 Å². The number of benzene rings is 1. The maximum Gasteiger partial charge on any atom is 0.261 e. The van der Waals surface area contributed by atoms with Crippen LogP contribution in [0.15, 0.2) is 30.3 Å². The van der Waals surface area contributed by atoms with Crippen LogP contribution in [0, 0.1) is 18.6 Å². The van der Waals surface area contributed by atoms with Gasteiger partial charge in [-0.2, -0.15) is 0 Å². The quantitative estimate of drug-likeness (QED) is 0.910. The fraction of sp³-hybridized carbons (Fsp3) is 0.214. The monoisotopic (exact) mass is 281 g/mol. The summed E-state index contributed by atoms with van der Waals surface area (Å²) in [4.78, 5) is 13.6. The third-order valence-electron chi connectivity index (χ3n) is 2.76. The summed E-state index contributed by atoms with van der Waals surface area (Å²) >= 11 is 1.39. The summed E-state index contributed by atoms with van der Waals surface area (Å²) in [5.41, 5.74) is 0.528. The third kappa shape index (κ3) is 3.17. The van der Waals surface area contributed by atoms with Gasteiger partial charge in [0.05, 0.1) is 10.9 Å². The first-order chi connectivity index (χ1) is 8.97. The van der Waals surface area contributed by atoms with E-state index in [1.54, 1.807) is 13.0 Å². The number of hydrogen-bond donors (Lipinski definition) is 1. The van der Waals surface area contributed by atoms with Crippen molar-refractivity contribution >= 4 is 17.2 Å². The third-order valence-corrected chi connectivity index (χ3v) is 3.75. The Labute approximate surface area is 114 Å². The number of thiophene rings is 1. The van der Waals surface area contributed by atoms with Crippen molar-refractivity contribution < 1.29 is 13.6 Å². The van der Waals surface area contributed by atoms with Crippen molar-refractivity contribution in [2.75, 3.05) is 0 Å². The normalized spacial score (nSPS) is 12.2. The molecule has 0 fully saturated rings. The summed E-state index contributed by atoms with van der Waals surface area (Å²) in [6, 6.07) is 6.84. The van der Waals surface area contributed by atoms with Crippen LogP contribution in [0.5, 0.6) is 0 Å². The van der Waals surface area contributed by atoms with Gasteiger partial charge in [-0.1, -0.05) is 6.07 Å². The molecule has 0 bridgehead atoms. The first-order valence-corrected chi connectivity index (χ1v) is 6.61. The lowest BCUT2D eigenvalue weighted by molar-refractivity contribution is 0.0944. The molecule has 0 aliphatic rings. The average molecular weight is 281 g/mol.